The Balaban J connectivity index is 1.61. The number of rotatable bonds is 5. The van der Waals surface area contributed by atoms with E-state index in [1.54, 1.807) is 0 Å². The van der Waals surface area contributed by atoms with Crippen molar-refractivity contribution in [3.05, 3.63) is 11.7 Å². The fourth-order valence-corrected chi connectivity index (χ4v) is 3.45. The first-order valence-corrected chi connectivity index (χ1v) is 7.51. The topological polar surface area (TPSA) is 62.4 Å². The van der Waals surface area contributed by atoms with Gasteiger partial charge in [-0.05, 0) is 32.1 Å². The first-order chi connectivity index (χ1) is 9.26. The molecule has 106 valence electrons. The van der Waals surface area contributed by atoms with E-state index in [4.69, 9.17) is 4.52 Å². The van der Waals surface area contributed by atoms with Crippen LogP contribution < -0.4 is 0 Å². The lowest BCUT2D eigenvalue weighted by Crippen LogP contribution is -2.44. The molecule has 0 radical (unpaired) electrons. The SMILES string of the molecule is CCCCc1noc(CN2C3CCC2CC(O)C3)n1. The van der Waals surface area contributed by atoms with Crippen molar-refractivity contribution >= 4 is 0 Å². The highest BCUT2D eigenvalue weighted by atomic mass is 16.5. The minimum absolute atomic E-state index is 0.114. The van der Waals surface area contributed by atoms with Crippen molar-refractivity contribution in [3.63, 3.8) is 0 Å². The van der Waals surface area contributed by atoms with E-state index in [1.807, 2.05) is 0 Å². The average Bonchev–Trinajstić information content (AvgIpc) is 2.92. The summed E-state index contributed by atoms with van der Waals surface area (Å²) < 4.78 is 5.35. The molecule has 3 rings (SSSR count). The normalized spacial score (nSPS) is 30.9. The summed E-state index contributed by atoms with van der Waals surface area (Å²) in [6, 6.07) is 1.000. The van der Waals surface area contributed by atoms with Crippen LogP contribution in [0.5, 0.6) is 0 Å². The molecule has 5 nitrogen and oxygen atoms in total. The molecule has 2 aliphatic heterocycles. The second-order valence-electron chi connectivity index (χ2n) is 5.89. The summed E-state index contributed by atoms with van der Waals surface area (Å²) in [6.45, 7) is 2.92. The molecule has 0 amide bonds. The Kier molecular flexibility index (Phi) is 3.84. The lowest BCUT2D eigenvalue weighted by atomic mass is 10.00. The number of fused-ring (bicyclic) bond motifs is 2. The van der Waals surface area contributed by atoms with Crippen LogP contribution in [0, 0.1) is 0 Å². The van der Waals surface area contributed by atoms with Gasteiger partial charge in [-0.25, -0.2) is 0 Å². The first-order valence-electron chi connectivity index (χ1n) is 7.51. The zero-order chi connectivity index (χ0) is 13.2. The first kappa shape index (κ1) is 13.1. The predicted molar refractivity (Wildman–Crippen MR) is 70.5 cm³/mol. The zero-order valence-electron chi connectivity index (χ0n) is 11.6. The maximum absolute atomic E-state index is 9.80. The summed E-state index contributed by atoms with van der Waals surface area (Å²) >= 11 is 0. The number of aliphatic hydroxyl groups excluding tert-OH is 1. The van der Waals surface area contributed by atoms with Gasteiger partial charge in [0.2, 0.25) is 5.89 Å². The molecule has 2 saturated heterocycles. The van der Waals surface area contributed by atoms with Crippen LogP contribution in [0.3, 0.4) is 0 Å². The van der Waals surface area contributed by atoms with Gasteiger partial charge < -0.3 is 9.63 Å². The van der Waals surface area contributed by atoms with Gasteiger partial charge in [0.15, 0.2) is 5.82 Å². The van der Waals surface area contributed by atoms with Gasteiger partial charge in [0.05, 0.1) is 12.6 Å². The molecular weight excluding hydrogens is 242 g/mol. The number of hydrogen-bond donors (Lipinski definition) is 1. The number of aliphatic hydroxyl groups is 1. The second kappa shape index (κ2) is 5.59. The molecule has 1 N–H and O–H groups in total. The maximum Gasteiger partial charge on any atom is 0.240 e. The van der Waals surface area contributed by atoms with Gasteiger partial charge in [-0.1, -0.05) is 18.5 Å². The molecule has 0 saturated carbocycles. The van der Waals surface area contributed by atoms with Crippen LogP contribution >= 0.6 is 0 Å². The number of aryl methyl sites for hydroxylation is 1. The molecule has 19 heavy (non-hydrogen) atoms. The van der Waals surface area contributed by atoms with Crippen LogP contribution in [0.1, 0.15) is 57.2 Å². The molecule has 0 aliphatic carbocycles. The predicted octanol–water partition coefficient (Wildman–Crippen LogP) is 1.90. The second-order valence-corrected chi connectivity index (χ2v) is 5.89. The summed E-state index contributed by atoms with van der Waals surface area (Å²) in [6.07, 6.45) is 7.23. The van der Waals surface area contributed by atoms with E-state index >= 15 is 0 Å². The Bertz CT molecular complexity index is 407. The third kappa shape index (κ3) is 2.82. The number of unbranched alkanes of at least 4 members (excludes halogenated alkanes) is 1. The van der Waals surface area contributed by atoms with Crippen LogP contribution in [0.2, 0.25) is 0 Å². The fourth-order valence-electron chi connectivity index (χ4n) is 3.45. The van der Waals surface area contributed by atoms with Gasteiger partial charge in [-0.2, -0.15) is 4.98 Å². The van der Waals surface area contributed by atoms with Crippen molar-refractivity contribution < 1.29 is 9.63 Å². The van der Waals surface area contributed by atoms with Gasteiger partial charge >= 0.3 is 0 Å². The minimum atomic E-state index is -0.114. The highest BCUT2D eigenvalue weighted by molar-refractivity contribution is 4.97. The van der Waals surface area contributed by atoms with Gasteiger partial charge in [0, 0.05) is 18.5 Å². The number of hydrogen-bond acceptors (Lipinski definition) is 5. The van der Waals surface area contributed by atoms with Crippen molar-refractivity contribution in [2.75, 3.05) is 0 Å². The quantitative estimate of drug-likeness (QED) is 0.881. The Morgan fingerprint density at radius 2 is 2.05 bits per heavy atom. The standard InChI is InChI=1S/C14H23N3O2/c1-2-3-4-13-15-14(19-16-13)9-17-10-5-6-11(17)8-12(18)7-10/h10-12,18H,2-9H2,1H3. The molecule has 2 unspecified atom stereocenters. The third-order valence-electron chi connectivity index (χ3n) is 4.44. The number of aromatic nitrogens is 2. The van der Waals surface area contributed by atoms with Crippen LogP contribution in [-0.4, -0.2) is 38.3 Å². The van der Waals surface area contributed by atoms with Gasteiger partial charge in [-0.3, -0.25) is 4.90 Å². The average molecular weight is 265 g/mol. The van der Waals surface area contributed by atoms with E-state index in [0.717, 1.165) is 50.4 Å². The minimum Gasteiger partial charge on any atom is -0.393 e. The summed E-state index contributed by atoms with van der Waals surface area (Å²) in [5.41, 5.74) is 0. The molecule has 3 heterocycles. The van der Waals surface area contributed by atoms with E-state index in [9.17, 15) is 5.11 Å². The van der Waals surface area contributed by atoms with Crippen LogP contribution in [-0.2, 0) is 13.0 Å². The Hall–Kier alpha value is -0.940. The lowest BCUT2D eigenvalue weighted by molar-refractivity contribution is 0.0256. The number of nitrogens with zero attached hydrogens (tertiary/aromatic N) is 3. The highest BCUT2D eigenvalue weighted by Crippen LogP contribution is 2.36. The van der Waals surface area contributed by atoms with E-state index in [1.165, 1.54) is 12.8 Å². The molecule has 5 heteroatoms. The van der Waals surface area contributed by atoms with E-state index in [0.29, 0.717) is 12.1 Å². The summed E-state index contributed by atoms with van der Waals surface area (Å²) in [5.74, 6) is 1.57. The lowest BCUT2D eigenvalue weighted by Gasteiger charge is -2.36. The van der Waals surface area contributed by atoms with Crippen molar-refractivity contribution in [2.24, 2.45) is 0 Å². The Morgan fingerprint density at radius 1 is 1.32 bits per heavy atom. The van der Waals surface area contributed by atoms with Crippen molar-refractivity contribution in [1.29, 1.82) is 0 Å². The van der Waals surface area contributed by atoms with E-state index in [2.05, 4.69) is 22.0 Å². The molecule has 1 aromatic rings. The monoisotopic (exact) mass is 265 g/mol. The largest absolute Gasteiger partial charge is 0.393 e. The zero-order valence-corrected chi connectivity index (χ0v) is 11.6. The van der Waals surface area contributed by atoms with Crippen LogP contribution in [0.15, 0.2) is 4.52 Å². The van der Waals surface area contributed by atoms with Crippen molar-refractivity contribution in [3.8, 4) is 0 Å². The van der Waals surface area contributed by atoms with Crippen molar-refractivity contribution in [2.45, 2.75) is 76.6 Å². The summed E-state index contributed by atoms with van der Waals surface area (Å²) in [4.78, 5) is 6.92. The summed E-state index contributed by atoms with van der Waals surface area (Å²) in [5, 5.41) is 13.8. The van der Waals surface area contributed by atoms with Gasteiger partial charge in [0.1, 0.15) is 0 Å². The Labute approximate surface area is 114 Å². The van der Waals surface area contributed by atoms with Gasteiger partial charge in [-0.15, -0.1) is 0 Å². The molecule has 0 spiro atoms. The smallest absolute Gasteiger partial charge is 0.240 e. The van der Waals surface area contributed by atoms with Crippen molar-refractivity contribution in [1.82, 2.24) is 15.0 Å². The van der Waals surface area contributed by atoms with Crippen LogP contribution in [0.4, 0.5) is 0 Å². The molecule has 0 aromatic carbocycles. The molecular formula is C14H23N3O2. The molecule has 2 atom stereocenters. The van der Waals surface area contributed by atoms with E-state index in [-0.39, 0.29) is 6.10 Å². The molecule has 2 aliphatic rings. The maximum atomic E-state index is 9.80. The Morgan fingerprint density at radius 3 is 2.74 bits per heavy atom. The molecule has 2 bridgehead atoms. The number of piperidine rings is 1. The molecule has 2 fully saturated rings. The fraction of sp³-hybridized carbons (Fsp3) is 0.857. The third-order valence-corrected chi connectivity index (χ3v) is 4.44. The van der Waals surface area contributed by atoms with Crippen LogP contribution in [0.25, 0.3) is 0 Å². The summed E-state index contributed by atoms with van der Waals surface area (Å²) in [7, 11) is 0. The highest BCUT2D eigenvalue weighted by Gasteiger charge is 2.40. The van der Waals surface area contributed by atoms with Gasteiger partial charge in [0.25, 0.3) is 0 Å². The molecule has 1 aromatic heterocycles. The van der Waals surface area contributed by atoms with E-state index < -0.39 is 0 Å².